The Morgan fingerprint density at radius 1 is 1.42 bits per heavy atom. The van der Waals surface area contributed by atoms with E-state index in [9.17, 15) is 9.59 Å². The van der Waals surface area contributed by atoms with Crippen molar-refractivity contribution in [1.82, 2.24) is 10.2 Å². The highest BCUT2D eigenvalue weighted by atomic mass is 32.2. The molecule has 6 heteroatoms. The number of thioether (sulfide) groups is 1. The summed E-state index contributed by atoms with van der Waals surface area (Å²) in [4.78, 5) is 27.3. The molecule has 0 aliphatic carbocycles. The lowest BCUT2D eigenvalue weighted by Gasteiger charge is -2.33. The zero-order chi connectivity index (χ0) is 16.9. The van der Waals surface area contributed by atoms with Crippen LogP contribution in [-0.4, -0.2) is 48.1 Å². The molecule has 0 radical (unpaired) electrons. The summed E-state index contributed by atoms with van der Waals surface area (Å²) in [5, 5.41) is 5.81. The first-order valence-corrected chi connectivity index (χ1v) is 9.71. The summed E-state index contributed by atoms with van der Waals surface area (Å²) in [6.45, 7) is 5.19. The third-order valence-electron chi connectivity index (χ3n) is 4.72. The second kappa shape index (κ2) is 8.03. The van der Waals surface area contributed by atoms with Crippen LogP contribution in [0.15, 0.2) is 23.1 Å². The zero-order valence-electron chi connectivity index (χ0n) is 14.1. The summed E-state index contributed by atoms with van der Waals surface area (Å²) < 4.78 is 0. The average Bonchev–Trinajstić information content (AvgIpc) is 2.59. The van der Waals surface area contributed by atoms with Gasteiger partial charge in [0.15, 0.2) is 0 Å². The van der Waals surface area contributed by atoms with Crippen LogP contribution in [0.1, 0.15) is 43.0 Å². The Morgan fingerprint density at radius 3 is 3.12 bits per heavy atom. The van der Waals surface area contributed by atoms with E-state index in [1.54, 1.807) is 6.07 Å². The molecule has 0 aromatic heterocycles. The fourth-order valence-corrected chi connectivity index (χ4v) is 4.09. The van der Waals surface area contributed by atoms with E-state index in [-0.39, 0.29) is 11.8 Å². The normalized spacial score (nSPS) is 21.0. The minimum absolute atomic E-state index is 0.0132. The van der Waals surface area contributed by atoms with Crippen molar-refractivity contribution in [2.75, 3.05) is 30.7 Å². The Morgan fingerprint density at radius 2 is 2.29 bits per heavy atom. The monoisotopic (exact) mass is 347 g/mol. The molecule has 1 saturated heterocycles. The number of nitrogens with zero attached hydrogens (tertiary/aromatic N) is 1. The Hall–Kier alpha value is -1.53. The molecule has 2 heterocycles. The molecular formula is C18H25N3O2S. The number of carbonyl (C=O) groups is 2. The van der Waals surface area contributed by atoms with Crippen molar-refractivity contribution in [1.29, 1.82) is 0 Å². The highest BCUT2D eigenvalue weighted by molar-refractivity contribution is 8.00. The quantitative estimate of drug-likeness (QED) is 0.804. The third-order valence-corrected chi connectivity index (χ3v) is 5.80. The van der Waals surface area contributed by atoms with Gasteiger partial charge < -0.3 is 15.5 Å². The molecule has 2 aliphatic rings. The van der Waals surface area contributed by atoms with Gasteiger partial charge in [-0.2, -0.15) is 0 Å². The first kappa shape index (κ1) is 17.3. The summed E-state index contributed by atoms with van der Waals surface area (Å²) in [5.41, 5.74) is 1.34. The Bertz CT molecular complexity index is 620. The molecular weight excluding hydrogens is 322 g/mol. The maximum Gasteiger partial charge on any atom is 0.251 e. The van der Waals surface area contributed by atoms with Crippen LogP contribution in [0.25, 0.3) is 0 Å². The van der Waals surface area contributed by atoms with E-state index in [4.69, 9.17) is 0 Å². The topological polar surface area (TPSA) is 61.4 Å². The number of hydrogen-bond donors (Lipinski definition) is 2. The number of nitrogens with one attached hydrogen (secondary N) is 2. The molecule has 1 aromatic carbocycles. The fourth-order valence-electron chi connectivity index (χ4n) is 3.30. The lowest BCUT2D eigenvalue weighted by atomic mass is 10.0. The van der Waals surface area contributed by atoms with Crippen LogP contribution in [0.5, 0.6) is 0 Å². The lowest BCUT2D eigenvalue weighted by Crippen LogP contribution is -2.39. The van der Waals surface area contributed by atoms with E-state index < -0.39 is 0 Å². The molecule has 0 spiro atoms. The summed E-state index contributed by atoms with van der Waals surface area (Å²) >= 11 is 1.51. The number of carbonyl (C=O) groups excluding carboxylic acids is 2. The lowest BCUT2D eigenvalue weighted by molar-refractivity contribution is -0.113. The van der Waals surface area contributed by atoms with Crippen LogP contribution in [0.2, 0.25) is 0 Å². The molecule has 2 aliphatic heterocycles. The van der Waals surface area contributed by atoms with E-state index in [1.165, 1.54) is 37.6 Å². The van der Waals surface area contributed by atoms with Gasteiger partial charge in [-0.25, -0.2) is 0 Å². The maximum atomic E-state index is 12.3. The van der Waals surface area contributed by atoms with Gasteiger partial charge in [-0.15, -0.1) is 11.8 Å². The molecule has 1 aromatic rings. The van der Waals surface area contributed by atoms with Crippen LogP contribution < -0.4 is 10.6 Å². The van der Waals surface area contributed by atoms with Crippen molar-refractivity contribution >= 4 is 29.3 Å². The average molecular weight is 347 g/mol. The molecule has 1 fully saturated rings. The van der Waals surface area contributed by atoms with Gasteiger partial charge in [0.05, 0.1) is 11.4 Å². The first-order valence-electron chi connectivity index (χ1n) is 8.72. The van der Waals surface area contributed by atoms with E-state index in [2.05, 4.69) is 22.5 Å². The zero-order valence-corrected chi connectivity index (χ0v) is 15.0. The molecule has 1 unspecified atom stereocenters. The molecule has 0 bridgehead atoms. The molecule has 0 saturated carbocycles. The first-order chi connectivity index (χ1) is 11.6. The fraction of sp³-hybridized carbons (Fsp3) is 0.556. The van der Waals surface area contributed by atoms with Crippen LogP contribution in [-0.2, 0) is 4.79 Å². The number of amides is 2. The molecule has 5 nitrogen and oxygen atoms in total. The summed E-state index contributed by atoms with van der Waals surface area (Å²) in [5.74, 6) is 0.350. The van der Waals surface area contributed by atoms with Crippen molar-refractivity contribution in [2.24, 2.45) is 0 Å². The number of anilines is 1. The number of likely N-dealkylation sites (tertiary alicyclic amines) is 1. The second-order valence-electron chi connectivity index (χ2n) is 6.54. The summed E-state index contributed by atoms with van der Waals surface area (Å²) in [6, 6.07) is 6.16. The smallest absolute Gasteiger partial charge is 0.251 e. The highest BCUT2D eigenvalue weighted by Crippen LogP contribution is 2.31. The van der Waals surface area contributed by atoms with Gasteiger partial charge in [0.25, 0.3) is 5.91 Å². The second-order valence-corrected chi connectivity index (χ2v) is 7.56. The van der Waals surface area contributed by atoms with Gasteiger partial charge in [-0.1, -0.05) is 6.42 Å². The molecule has 3 rings (SSSR count). The number of piperidine rings is 1. The number of fused-ring (bicyclic) bond motifs is 1. The maximum absolute atomic E-state index is 12.3. The number of hydrogen-bond acceptors (Lipinski definition) is 4. The van der Waals surface area contributed by atoms with Gasteiger partial charge in [0, 0.05) is 29.6 Å². The van der Waals surface area contributed by atoms with Crippen molar-refractivity contribution < 1.29 is 9.59 Å². The van der Waals surface area contributed by atoms with Crippen molar-refractivity contribution in [3.05, 3.63) is 23.8 Å². The summed E-state index contributed by atoms with van der Waals surface area (Å²) in [7, 11) is 0. The van der Waals surface area contributed by atoms with Gasteiger partial charge in [0.1, 0.15) is 0 Å². The predicted molar refractivity (Wildman–Crippen MR) is 97.6 cm³/mol. The number of rotatable bonds is 5. The number of benzene rings is 1. The van der Waals surface area contributed by atoms with Crippen molar-refractivity contribution in [3.63, 3.8) is 0 Å². The largest absolute Gasteiger partial charge is 0.352 e. The molecule has 2 N–H and O–H groups in total. The van der Waals surface area contributed by atoms with Gasteiger partial charge in [-0.3, -0.25) is 9.59 Å². The predicted octanol–water partition coefficient (Wildman–Crippen LogP) is 2.73. The SMILES string of the molecule is CC1CCCCN1CCCNC(=O)c1ccc2c(c1)NC(=O)CS2. The van der Waals surface area contributed by atoms with Gasteiger partial charge in [-0.05, 0) is 50.9 Å². The van der Waals surface area contributed by atoms with E-state index in [1.807, 2.05) is 12.1 Å². The van der Waals surface area contributed by atoms with E-state index >= 15 is 0 Å². The molecule has 2 amide bonds. The highest BCUT2D eigenvalue weighted by Gasteiger charge is 2.18. The Kier molecular flexibility index (Phi) is 5.79. The minimum atomic E-state index is -0.0747. The molecule has 130 valence electrons. The molecule has 1 atom stereocenters. The van der Waals surface area contributed by atoms with E-state index in [0.717, 1.165) is 23.5 Å². The minimum Gasteiger partial charge on any atom is -0.352 e. The molecule has 24 heavy (non-hydrogen) atoms. The van der Waals surface area contributed by atoms with Crippen LogP contribution >= 0.6 is 11.8 Å². The van der Waals surface area contributed by atoms with Crippen molar-refractivity contribution in [3.8, 4) is 0 Å². The van der Waals surface area contributed by atoms with Crippen LogP contribution in [0.3, 0.4) is 0 Å². The third kappa shape index (κ3) is 4.30. The Balaban J connectivity index is 1.47. The van der Waals surface area contributed by atoms with Crippen LogP contribution in [0, 0.1) is 0 Å². The standard InChI is InChI=1S/C18H25N3O2S/c1-13-5-2-3-9-21(13)10-4-8-19-18(23)14-6-7-16-15(11-14)20-17(22)12-24-16/h6-7,11,13H,2-5,8-10,12H2,1H3,(H,19,23)(H,20,22). The Labute approximate surface area is 147 Å². The van der Waals surface area contributed by atoms with Gasteiger partial charge >= 0.3 is 0 Å². The van der Waals surface area contributed by atoms with E-state index in [0.29, 0.717) is 23.9 Å². The van der Waals surface area contributed by atoms with Crippen molar-refractivity contribution in [2.45, 2.75) is 43.5 Å². The van der Waals surface area contributed by atoms with Gasteiger partial charge in [0.2, 0.25) is 5.91 Å². The summed E-state index contributed by atoms with van der Waals surface area (Å²) in [6.07, 6.45) is 4.87. The van der Waals surface area contributed by atoms with Crippen LogP contribution in [0.4, 0.5) is 5.69 Å².